The van der Waals surface area contributed by atoms with Crippen LogP contribution in [0.4, 0.5) is 0 Å². The van der Waals surface area contributed by atoms with E-state index in [1.807, 2.05) is 36.1 Å². The summed E-state index contributed by atoms with van der Waals surface area (Å²) in [5.74, 6) is -0.0684. The smallest absolute Gasteiger partial charge is 0.320 e. The van der Waals surface area contributed by atoms with Crippen LogP contribution in [0.2, 0.25) is 0 Å². The maximum atomic E-state index is 11.7. The highest BCUT2D eigenvalue weighted by Gasteiger charge is 2.23. The van der Waals surface area contributed by atoms with Crippen LogP contribution in [0.25, 0.3) is 0 Å². The number of ether oxygens (including phenoxy) is 1. The van der Waals surface area contributed by atoms with Crippen molar-refractivity contribution in [3.63, 3.8) is 0 Å². The maximum Gasteiger partial charge on any atom is 0.320 e. The van der Waals surface area contributed by atoms with Crippen molar-refractivity contribution in [2.45, 2.75) is 13.5 Å². The van der Waals surface area contributed by atoms with Gasteiger partial charge in [0.2, 0.25) is 0 Å². The Hall–Kier alpha value is -1.40. The van der Waals surface area contributed by atoms with E-state index >= 15 is 0 Å². The summed E-state index contributed by atoms with van der Waals surface area (Å²) in [4.78, 5) is 13.5. The molecule has 0 spiro atoms. The molecule has 1 aromatic rings. The zero-order chi connectivity index (χ0) is 14.6. The Kier molecular flexibility index (Phi) is 4.77. The van der Waals surface area contributed by atoms with E-state index in [1.54, 1.807) is 0 Å². The molecule has 6 heteroatoms. The maximum absolute atomic E-state index is 11.7. The van der Waals surface area contributed by atoms with E-state index in [2.05, 4.69) is 0 Å². The summed E-state index contributed by atoms with van der Waals surface area (Å²) >= 11 is 0. The molecule has 0 aromatic heterocycles. The van der Waals surface area contributed by atoms with Crippen LogP contribution in [0.5, 0.6) is 0 Å². The molecule has 1 heterocycles. The van der Waals surface area contributed by atoms with Gasteiger partial charge in [0.05, 0.1) is 18.1 Å². The first kappa shape index (κ1) is 15.0. The van der Waals surface area contributed by atoms with Gasteiger partial charge in [-0.25, -0.2) is 8.42 Å². The molecule has 0 saturated carbocycles. The average Bonchev–Trinajstić information content (AvgIpc) is 2.41. The third-order valence-corrected chi connectivity index (χ3v) is 4.92. The van der Waals surface area contributed by atoms with Crippen LogP contribution in [-0.2, 0) is 26.0 Å². The van der Waals surface area contributed by atoms with Gasteiger partial charge < -0.3 is 4.74 Å². The van der Waals surface area contributed by atoms with Crippen molar-refractivity contribution in [1.82, 2.24) is 4.90 Å². The van der Waals surface area contributed by atoms with Crippen molar-refractivity contribution in [1.29, 1.82) is 0 Å². The highest BCUT2D eigenvalue weighted by atomic mass is 32.2. The van der Waals surface area contributed by atoms with Crippen molar-refractivity contribution in [3.8, 4) is 0 Å². The number of hydrogen-bond donors (Lipinski definition) is 0. The molecule has 2 rings (SSSR count). The second kappa shape index (κ2) is 6.37. The lowest BCUT2D eigenvalue weighted by atomic mass is 10.2. The number of sulfone groups is 1. The summed E-state index contributed by atoms with van der Waals surface area (Å²) in [6.45, 7) is 3.22. The van der Waals surface area contributed by atoms with E-state index in [1.165, 1.54) is 0 Å². The summed E-state index contributed by atoms with van der Waals surface area (Å²) in [6, 6.07) is 7.80. The standard InChI is InChI=1S/C14H19NO4S/c1-12-2-4-13(5-3-12)11-19-14(16)10-15-6-8-20(17,18)9-7-15/h2-5H,6-11H2,1H3. The number of esters is 1. The topological polar surface area (TPSA) is 63.7 Å². The summed E-state index contributed by atoms with van der Waals surface area (Å²) in [6.07, 6.45) is 0. The van der Waals surface area contributed by atoms with E-state index in [4.69, 9.17) is 4.74 Å². The number of carbonyl (C=O) groups excluding carboxylic acids is 1. The van der Waals surface area contributed by atoms with Crippen LogP contribution in [0.1, 0.15) is 11.1 Å². The lowest BCUT2D eigenvalue weighted by Gasteiger charge is -2.25. The fourth-order valence-corrected chi connectivity index (χ4v) is 3.26. The van der Waals surface area contributed by atoms with Gasteiger partial charge in [-0.2, -0.15) is 0 Å². The molecule has 0 unspecified atom stereocenters. The second-order valence-electron chi connectivity index (χ2n) is 5.07. The number of aryl methyl sites for hydroxylation is 1. The Morgan fingerprint density at radius 2 is 1.80 bits per heavy atom. The highest BCUT2D eigenvalue weighted by molar-refractivity contribution is 7.91. The Labute approximate surface area is 119 Å². The van der Waals surface area contributed by atoms with E-state index in [9.17, 15) is 13.2 Å². The number of hydrogen-bond acceptors (Lipinski definition) is 5. The minimum Gasteiger partial charge on any atom is -0.460 e. The first-order valence-corrected chi connectivity index (χ1v) is 8.41. The molecule has 1 aromatic carbocycles. The van der Waals surface area contributed by atoms with Crippen LogP contribution in [-0.4, -0.2) is 50.4 Å². The van der Waals surface area contributed by atoms with Crippen molar-refractivity contribution < 1.29 is 17.9 Å². The Morgan fingerprint density at radius 1 is 1.20 bits per heavy atom. The third-order valence-electron chi connectivity index (χ3n) is 3.31. The van der Waals surface area contributed by atoms with Gasteiger partial charge in [0.25, 0.3) is 0 Å². The zero-order valence-electron chi connectivity index (χ0n) is 11.5. The van der Waals surface area contributed by atoms with E-state index < -0.39 is 9.84 Å². The normalized spacial score (nSPS) is 18.6. The Bertz CT molecular complexity index is 551. The predicted octanol–water partition coefficient (Wildman–Crippen LogP) is 0.769. The van der Waals surface area contributed by atoms with Crippen molar-refractivity contribution in [2.24, 2.45) is 0 Å². The molecule has 110 valence electrons. The fourth-order valence-electron chi connectivity index (χ4n) is 1.98. The van der Waals surface area contributed by atoms with Gasteiger partial charge in [-0.05, 0) is 12.5 Å². The Morgan fingerprint density at radius 3 is 2.40 bits per heavy atom. The van der Waals surface area contributed by atoms with Crippen LogP contribution in [0.15, 0.2) is 24.3 Å². The number of benzene rings is 1. The molecule has 1 fully saturated rings. The zero-order valence-corrected chi connectivity index (χ0v) is 12.4. The Balaban J connectivity index is 1.74. The molecular weight excluding hydrogens is 278 g/mol. The van der Waals surface area contributed by atoms with Crippen molar-refractivity contribution >= 4 is 15.8 Å². The van der Waals surface area contributed by atoms with Gasteiger partial charge in [-0.3, -0.25) is 9.69 Å². The second-order valence-corrected chi connectivity index (χ2v) is 7.38. The molecule has 0 bridgehead atoms. The molecule has 5 nitrogen and oxygen atoms in total. The van der Waals surface area contributed by atoms with Crippen molar-refractivity contribution in [3.05, 3.63) is 35.4 Å². The highest BCUT2D eigenvalue weighted by Crippen LogP contribution is 2.06. The summed E-state index contributed by atoms with van der Waals surface area (Å²) in [5.41, 5.74) is 2.11. The molecule has 0 radical (unpaired) electrons. The SMILES string of the molecule is Cc1ccc(COC(=O)CN2CCS(=O)(=O)CC2)cc1. The van der Waals surface area contributed by atoms with Crippen LogP contribution < -0.4 is 0 Å². The van der Waals surface area contributed by atoms with Crippen LogP contribution >= 0.6 is 0 Å². The van der Waals surface area contributed by atoms with Gasteiger partial charge in [0, 0.05) is 13.1 Å². The monoisotopic (exact) mass is 297 g/mol. The summed E-state index contributed by atoms with van der Waals surface area (Å²) < 4.78 is 27.7. The minimum absolute atomic E-state index is 0.123. The quantitative estimate of drug-likeness (QED) is 0.768. The van der Waals surface area contributed by atoms with Gasteiger partial charge in [0.15, 0.2) is 9.84 Å². The number of rotatable bonds is 4. The molecule has 20 heavy (non-hydrogen) atoms. The molecular formula is C14H19NO4S. The van der Waals surface area contributed by atoms with Gasteiger partial charge in [-0.15, -0.1) is 0 Å². The summed E-state index contributed by atoms with van der Waals surface area (Å²) in [5, 5.41) is 0. The largest absolute Gasteiger partial charge is 0.460 e. The number of carbonyl (C=O) groups is 1. The molecule has 1 aliphatic rings. The number of nitrogens with zero attached hydrogens (tertiary/aromatic N) is 1. The molecule has 0 N–H and O–H groups in total. The van der Waals surface area contributed by atoms with Gasteiger partial charge >= 0.3 is 5.97 Å². The lowest BCUT2D eigenvalue weighted by Crippen LogP contribution is -2.43. The molecule has 0 amide bonds. The first-order valence-electron chi connectivity index (χ1n) is 6.58. The first-order chi connectivity index (χ1) is 9.44. The van der Waals surface area contributed by atoms with E-state index in [0.29, 0.717) is 13.1 Å². The average molecular weight is 297 g/mol. The predicted molar refractivity (Wildman–Crippen MR) is 76.1 cm³/mol. The van der Waals surface area contributed by atoms with Gasteiger partial charge in [0.1, 0.15) is 6.61 Å². The van der Waals surface area contributed by atoms with E-state index in [-0.39, 0.29) is 30.6 Å². The molecule has 0 aliphatic carbocycles. The molecule has 0 atom stereocenters. The minimum atomic E-state index is -2.90. The van der Waals surface area contributed by atoms with E-state index in [0.717, 1.165) is 11.1 Å². The lowest BCUT2D eigenvalue weighted by molar-refractivity contribution is -0.146. The molecule has 1 aliphatic heterocycles. The van der Waals surface area contributed by atoms with Crippen LogP contribution in [0, 0.1) is 6.92 Å². The summed E-state index contributed by atoms with van der Waals surface area (Å²) in [7, 11) is -2.90. The fraction of sp³-hybridized carbons (Fsp3) is 0.500. The van der Waals surface area contributed by atoms with Crippen LogP contribution in [0.3, 0.4) is 0 Å². The third kappa shape index (κ3) is 4.61. The van der Waals surface area contributed by atoms with Crippen molar-refractivity contribution in [2.75, 3.05) is 31.1 Å². The van der Waals surface area contributed by atoms with Gasteiger partial charge in [-0.1, -0.05) is 29.8 Å². The molecule has 1 saturated heterocycles.